The van der Waals surface area contributed by atoms with Gasteiger partial charge >= 0.3 is 0 Å². The summed E-state index contributed by atoms with van der Waals surface area (Å²) in [7, 11) is 0. The molecule has 3 aromatic rings. The quantitative estimate of drug-likeness (QED) is 0.681. The number of aromatic nitrogens is 4. The molecule has 0 aliphatic carbocycles. The largest absolute Gasteiger partial charge is 0.332 e. The predicted molar refractivity (Wildman–Crippen MR) is 68.5 cm³/mol. The zero-order valence-corrected chi connectivity index (χ0v) is 10.7. The first-order valence-electron chi connectivity index (χ1n) is 5.20. The van der Waals surface area contributed by atoms with Crippen molar-refractivity contribution in [1.82, 2.24) is 20.1 Å². The van der Waals surface area contributed by atoms with Crippen LogP contribution in [0.1, 0.15) is 0 Å². The van der Waals surface area contributed by atoms with Gasteiger partial charge in [-0.15, -0.1) is 0 Å². The van der Waals surface area contributed by atoms with Crippen LogP contribution >= 0.6 is 15.9 Å². The van der Waals surface area contributed by atoms with E-state index in [0.717, 1.165) is 10.2 Å². The number of hydrogen-bond acceptors (Lipinski definition) is 5. The minimum absolute atomic E-state index is 0.384. The average Bonchev–Trinajstić information content (AvgIpc) is 2.89. The molecule has 0 aromatic carbocycles. The van der Waals surface area contributed by atoms with Crippen LogP contribution in [0.4, 0.5) is 0 Å². The maximum Gasteiger partial charge on any atom is 0.276 e. The lowest BCUT2D eigenvalue weighted by molar-refractivity contribution is 0.431. The minimum Gasteiger partial charge on any atom is -0.332 e. The molecule has 18 heavy (non-hydrogen) atoms. The fourth-order valence-corrected chi connectivity index (χ4v) is 1.81. The fraction of sp³-hybridized carbons (Fsp3) is 0. The summed E-state index contributed by atoms with van der Waals surface area (Å²) >= 11 is 3.30. The smallest absolute Gasteiger partial charge is 0.276 e. The van der Waals surface area contributed by atoms with Crippen molar-refractivity contribution in [3.8, 4) is 23.0 Å². The Morgan fingerprint density at radius 2 is 2.00 bits per heavy atom. The summed E-state index contributed by atoms with van der Waals surface area (Å²) in [6.07, 6.45) is 3.38. The van der Waals surface area contributed by atoms with Gasteiger partial charge in [-0.25, -0.2) is 4.98 Å². The first-order valence-corrected chi connectivity index (χ1v) is 5.99. The molecule has 3 aromatic heterocycles. The lowest BCUT2D eigenvalue weighted by atomic mass is 10.3. The summed E-state index contributed by atoms with van der Waals surface area (Å²) in [5, 5.41) is 3.91. The Morgan fingerprint density at radius 3 is 2.78 bits per heavy atom. The molecule has 3 heterocycles. The lowest BCUT2D eigenvalue weighted by Crippen LogP contribution is -1.84. The maximum absolute atomic E-state index is 5.19. The van der Waals surface area contributed by atoms with Crippen molar-refractivity contribution in [2.75, 3.05) is 0 Å². The van der Waals surface area contributed by atoms with Crippen molar-refractivity contribution in [3.63, 3.8) is 0 Å². The summed E-state index contributed by atoms with van der Waals surface area (Å²) in [4.78, 5) is 12.6. The van der Waals surface area contributed by atoms with Gasteiger partial charge in [-0.2, -0.15) is 4.98 Å². The zero-order valence-electron chi connectivity index (χ0n) is 9.12. The highest BCUT2D eigenvalue weighted by Gasteiger charge is 2.11. The third-order valence-corrected chi connectivity index (χ3v) is 2.72. The number of halogens is 1. The van der Waals surface area contributed by atoms with E-state index in [1.807, 2.05) is 30.3 Å². The number of hydrogen-bond donors (Lipinski definition) is 0. The minimum atomic E-state index is 0.384. The molecule has 0 spiro atoms. The Morgan fingerprint density at radius 1 is 1.06 bits per heavy atom. The molecule has 3 rings (SSSR count). The molecule has 0 saturated heterocycles. The van der Waals surface area contributed by atoms with E-state index < -0.39 is 0 Å². The lowest BCUT2D eigenvalue weighted by Gasteiger charge is -1.93. The van der Waals surface area contributed by atoms with Gasteiger partial charge in [0.2, 0.25) is 5.82 Å². The van der Waals surface area contributed by atoms with Gasteiger partial charge in [0.15, 0.2) is 0 Å². The van der Waals surface area contributed by atoms with Crippen LogP contribution in [0.25, 0.3) is 23.0 Å². The normalized spacial score (nSPS) is 10.5. The highest BCUT2D eigenvalue weighted by atomic mass is 79.9. The van der Waals surface area contributed by atoms with Crippen LogP contribution < -0.4 is 0 Å². The van der Waals surface area contributed by atoms with Gasteiger partial charge in [-0.05, 0) is 40.2 Å². The topological polar surface area (TPSA) is 64.7 Å². The van der Waals surface area contributed by atoms with Gasteiger partial charge in [0.1, 0.15) is 10.3 Å². The van der Waals surface area contributed by atoms with Gasteiger partial charge in [0, 0.05) is 18.0 Å². The molecule has 0 fully saturated rings. The number of rotatable bonds is 2. The summed E-state index contributed by atoms with van der Waals surface area (Å²) in [5.74, 6) is 0.884. The SMILES string of the molecule is Brc1cccc(-c2nc(-c3cccnc3)no2)n1. The molecule has 6 heteroatoms. The average molecular weight is 303 g/mol. The van der Waals surface area contributed by atoms with Crippen LogP contribution in [0.2, 0.25) is 0 Å². The first kappa shape index (κ1) is 11.0. The third-order valence-electron chi connectivity index (χ3n) is 2.28. The summed E-state index contributed by atoms with van der Waals surface area (Å²) < 4.78 is 5.91. The monoisotopic (exact) mass is 302 g/mol. The fourth-order valence-electron chi connectivity index (χ4n) is 1.47. The standard InChI is InChI=1S/C12H7BrN4O/c13-10-5-1-4-9(15-10)12-16-11(17-18-12)8-3-2-6-14-7-8/h1-7H. The number of nitrogens with zero attached hydrogens (tertiary/aromatic N) is 4. The van der Waals surface area contributed by atoms with Crippen molar-refractivity contribution < 1.29 is 4.52 Å². The number of pyridine rings is 2. The summed E-state index contributed by atoms with van der Waals surface area (Å²) in [6.45, 7) is 0. The summed E-state index contributed by atoms with van der Waals surface area (Å²) in [6, 6.07) is 9.20. The molecule has 0 amide bonds. The van der Waals surface area contributed by atoms with E-state index in [2.05, 4.69) is 36.0 Å². The van der Waals surface area contributed by atoms with Crippen molar-refractivity contribution >= 4 is 15.9 Å². The van der Waals surface area contributed by atoms with E-state index in [1.54, 1.807) is 12.4 Å². The van der Waals surface area contributed by atoms with E-state index in [9.17, 15) is 0 Å². The van der Waals surface area contributed by atoms with Crippen LogP contribution in [0.5, 0.6) is 0 Å². The predicted octanol–water partition coefficient (Wildman–Crippen LogP) is 2.96. The second kappa shape index (κ2) is 4.66. The Bertz CT molecular complexity index is 669. The van der Waals surface area contributed by atoms with Gasteiger partial charge in [0.05, 0.1) is 0 Å². The highest BCUT2D eigenvalue weighted by molar-refractivity contribution is 9.10. The molecule has 0 saturated carbocycles. The third kappa shape index (κ3) is 2.14. The van der Waals surface area contributed by atoms with E-state index in [4.69, 9.17) is 4.52 Å². The van der Waals surface area contributed by atoms with Gasteiger partial charge < -0.3 is 4.52 Å². The van der Waals surface area contributed by atoms with Crippen molar-refractivity contribution in [3.05, 3.63) is 47.3 Å². The van der Waals surface area contributed by atoms with Crippen LogP contribution in [-0.4, -0.2) is 20.1 Å². The van der Waals surface area contributed by atoms with E-state index in [0.29, 0.717) is 17.4 Å². The van der Waals surface area contributed by atoms with E-state index >= 15 is 0 Å². The van der Waals surface area contributed by atoms with Gasteiger partial charge in [0.25, 0.3) is 5.89 Å². The molecule has 88 valence electrons. The van der Waals surface area contributed by atoms with Crippen molar-refractivity contribution in [2.24, 2.45) is 0 Å². The molecule has 0 atom stereocenters. The van der Waals surface area contributed by atoms with Gasteiger partial charge in [-0.1, -0.05) is 11.2 Å². The van der Waals surface area contributed by atoms with E-state index in [-0.39, 0.29) is 0 Å². The second-order valence-corrected chi connectivity index (χ2v) is 4.32. The molecule has 5 nitrogen and oxygen atoms in total. The van der Waals surface area contributed by atoms with Gasteiger partial charge in [-0.3, -0.25) is 4.98 Å². The van der Waals surface area contributed by atoms with Crippen molar-refractivity contribution in [1.29, 1.82) is 0 Å². The van der Waals surface area contributed by atoms with E-state index in [1.165, 1.54) is 0 Å². The van der Waals surface area contributed by atoms with Crippen LogP contribution in [0.3, 0.4) is 0 Å². The molecular weight excluding hydrogens is 296 g/mol. The Kier molecular flexibility index (Phi) is 2.85. The molecule has 0 unspecified atom stereocenters. The first-order chi connectivity index (χ1) is 8.83. The van der Waals surface area contributed by atoms with Crippen molar-refractivity contribution in [2.45, 2.75) is 0 Å². The highest BCUT2D eigenvalue weighted by Crippen LogP contribution is 2.21. The Balaban J connectivity index is 2.00. The van der Waals surface area contributed by atoms with Crippen LogP contribution in [0, 0.1) is 0 Å². The summed E-state index contributed by atoms with van der Waals surface area (Å²) in [5.41, 5.74) is 1.44. The maximum atomic E-state index is 5.19. The zero-order chi connectivity index (χ0) is 12.4. The van der Waals surface area contributed by atoms with Crippen LogP contribution in [-0.2, 0) is 0 Å². The molecular formula is C12H7BrN4O. The molecule has 0 aliphatic rings. The Labute approximate surface area is 111 Å². The Hall–Kier alpha value is -2.08. The molecule has 0 bridgehead atoms. The molecule has 0 aliphatic heterocycles. The molecule has 0 N–H and O–H groups in total. The second-order valence-electron chi connectivity index (χ2n) is 3.51. The molecule has 0 radical (unpaired) electrons. The van der Waals surface area contributed by atoms with Crippen LogP contribution in [0.15, 0.2) is 51.9 Å².